The van der Waals surface area contributed by atoms with E-state index >= 15 is 0 Å². The number of nitrogens with zero attached hydrogens (tertiary/aromatic N) is 2. The van der Waals surface area contributed by atoms with Crippen molar-refractivity contribution in [2.24, 2.45) is 5.73 Å². The number of amides is 5. The van der Waals surface area contributed by atoms with Gasteiger partial charge in [0, 0.05) is 24.6 Å². The molecular formula is C72H84N6O23. The maximum Gasteiger partial charge on any atom is 0.412 e. The van der Waals surface area contributed by atoms with E-state index in [0.29, 0.717) is 33.4 Å². The van der Waals surface area contributed by atoms with Crippen LogP contribution < -0.4 is 21.7 Å². The van der Waals surface area contributed by atoms with Crippen LogP contribution in [0.5, 0.6) is 0 Å². The van der Waals surface area contributed by atoms with E-state index in [1.54, 1.807) is 176 Å². The molecule has 11 rings (SSSR count). The lowest BCUT2D eigenvalue weighted by atomic mass is 9.83. The van der Waals surface area contributed by atoms with Crippen LogP contribution in [0.4, 0.5) is 24.0 Å². The van der Waals surface area contributed by atoms with E-state index in [1.165, 1.54) is 4.90 Å². The third kappa shape index (κ3) is 19.4. The first-order valence-corrected chi connectivity index (χ1v) is 33.3. The van der Waals surface area contributed by atoms with Gasteiger partial charge in [-0.05, 0) is 34.2 Å². The molecule has 0 bridgehead atoms. The Labute approximate surface area is 581 Å². The fraction of sp³-hybridized carbons (Fsp3) is 0.431. The number of nitrogens with two attached hydrogens (primary N) is 1. The molecule has 29 nitrogen and oxygen atoms in total. The Morgan fingerprint density at radius 2 is 0.950 bits per heavy atom. The van der Waals surface area contributed by atoms with Gasteiger partial charge in [0.15, 0.2) is 25.1 Å². The van der Waals surface area contributed by atoms with Crippen molar-refractivity contribution in [3.8, 4) is 0 Å². The SMILES string of the molecule is N[C@@H]1C[C@H](NC(=O)OCc2ccccc2)[C@@H](O[C@H]2O[C@H](CN(CCO)C(=O)OCc3ccccc3)[C@@H](O)C[C@H]2NC(=O)OCc2ccccc2)[C@H](O[C@@H]2O[C@H](CO)[C@@H](O[C@H]3O[C@H]4CN(C(=O)OCc5ccccc5)C(c5ccccc5)O[C@H]4[C@H](O)[C@H]3NC(=O)OCc3ccccc3)[C@H]2O)[C@H]1O. The molecule has 4 aliphatic heterocycles. The average molecular weight is 1400 g/mol. The van der Waals surface area contributed by atoms with E-state index < -0.39 is 167 Å². The topological polar surface area (TPSA) is 386 Å². The van der Waals surface area contributed by atoms with Crippen LogP contribution >= 0.6 is 0 Å². The molecule has 540 valence electrons. The molecule has 0 radical (unpaired) electrons. The molecule has 101 heavy (non-hydrogen) atoms. The minimum atomic E-state index is -1.97. The Bertz CT molecular complexity index is 3570. The van der Waals surface area contributed by atoms with Gasteiger partial charge in [0.05, 0.1) is 50.6 Å². The number of benzene rings is 6. The molecule has 5 amide bonds. The minimum Gasteiger partial charge on any atom is -0.445 e. The number of hydrogen-bond donors (Lipinski definition) is 10. The number of carbonyl (C=O) groups excluding carboxylic acids is 5. The van der Waals surface area contributed by atoms with Gasteiger partial charge in [0.2, 0.25) is 0 Å². The summed E-state index contributed by atoms with van der Waals surface area (Å²) in [7, 11) is 0. The molecule has 5 aliphatic rings. The standard InChI is InChI=1S/C72H84N6O23/c73-49-33-50(74-68(85)90-38-43-19-7-1-8-20-43)60(99-65-51(75-69(86)91-39-44-21-9-2-10-22-44)34-52(81)53(95-65)35-77(31-32-79)71(88)93-41-46-25-13-4-14-26-46)63(57(49)82)101-67-59(84)62(55(37-80)97-67)100-66-56(76-70(87)92-40-45-23-11-3-12-24-45)58(83)61-54(96-66)36-78(64(98-61)48-29-17-6-18-30-48)72(89)94-42-47-27-15-5-16-28-47/h1-30,49-67,79-84H,31-42,73H2,(H,74,85)(H,75,86)(H,76,87)/t49-,50+,51-,52+,53-,54+,55-,56-,57+,58-,59-,60-,61-,62-,63-,64?,65-,66-,67+/m1/s1. The van der Waals surface area contributed by atoms with E-state index in [1.807, 2.05) is 6.07 Å². The second kappa shape index (κ2) is 35.6. The summed E-state index contributed by atoms with van der Waals surface area (Å²) in [5, 5.41) is 78.6. The molecule has 6 aromatic rings. The highest BCUT2D eigenvalue weighted by atomic mass is 16.8. The fourth-order valence-corrected chi connectivity index (χ4v) is 12.6. The van der Waals surface area contributed by atoms with Gasteiger partial charge in [0.1, 0.15) is 94.0 Å². The lowest BCUT2D eigenvalue weighted by Gasteiger charge is -2.51. The fourth-order valence-electron chi connectivity index (χ4n) is 12.6. The number of aliphatic hydroxyl groups is 6. The quantitative estimate of drug-likeness (QED) is 0.0360. The number of nitrogens with one attached hydrogen (secondary N) is 3. The Kier molecular flexibility index (Phi) is 25.9. The van der Waals surface area contributed by atoms with Crippen LogP contribution in [0, 0.1) is 0 Å². The van der Waals surface area contributed by atoms with E-state index in [9.17, 15) is 54.6 Å². The van der Waals surface area contributed by atoms with Crippen LogP contribution in [0.25, 0.3) is 0 Å². The minimum absolute atomic E-state index is 0.109. The van der Waals surface area contributed by atoms with Gasteiger partial charge < -0.3 is 114 Å². The van der Waals surface area contributed by atoms with Crippen LogP contribution in [0.15, 0.2) is 182 Å². The predicted octanol–water partition coefficient (Wildman–Crippen LogP) is 4.13. The van der Waals surface area contributed by atoms with Crippen molar-refractivity contribution in [1.82, 2.24) is 25.8 Å². The van der Waals surface area contributed by atoms with E-state index in [4.69, 9.17) is 62.6 Å². The van der Waals surface area contributed by atoms with Crippen molar-refractivity contribution >= 4 is 30.5 Å². The Morgan fingerprint density at radius 1 is 0.485 bits per heavy atom. The predicted molar refractivity (Wildman–Crippen MR) is 352 cm³/mol. The van der Waals surface area contributed by atoms with Crippen LogP contribution in [0.3, 0.4) is 0 Å². The van der Waals surface area contributed by atoms with Crippen molar-refractivity contribution < 1.29 is 111 Å². The molecule has 5 fully saturated rings. The average Bonchev–Trinajstić information content (AvgIpc) is 1.64. The second-order valence-electron chi connectivity index (χ2n) is 24.9. The van der Waals surface area contributed by atoms with Crippen LogP contribution in [0.2, 0.25) is 0 Å². The van der Waals surface area contributed by atoms with Gasteiger partial charge in [-0.15, -0.1) is 0 Å². The van der Waals surface area contributed by atoms with Gasteiger partial charge in [0.25, 0.3) is 0 Å². The van der Waals surface area contributed by atoms with Crippen molar-refractivity contribution in [3.05, 3.63) is 215 Å². The van der Waals surface area contributed by atoms with Gasteiger partial charge in [-0.2, -0.15) is 0 Å². The molecule has 19 atom stereocenters. The molecule has 1 unspecified atom stereocenters. The largest absolute Gasteiger partial charge is 0.445 e. The molecule has 4 heterocycles. The molecule has 6 aromatic carbocycles. The highest BCUT2D eigenvalue weighted by molar-refractivity contribution is 5.70. The van der Waals surface area contributed by atoms with Crippen molar-refractivity contribution in [2.45, 2.75) is 162 Å². The summed E-state index contributed by atoms with van der Waals surface area (Å²) < 4.78 is 74.2. The maximum absolute atomic E-state index is 14.2. The molecule has 11 N–H and O–H groups in total. The molecule has 0 aromatic heterocycles. The van der Waals surface area contributed by atoms with Gasteiger partial charge in [-0.1, -0.05) is 182 Å². The first-order chi connectivity index (χ1) is 49.1. The number of fused-ring (bicyclic) bond motifs is 1. The molecular weight excluding hydrogens is 1320 g/mol. The van der Waals surface area contributed by atoms with E-state index in [2.05, 4.69) is 16.0 Å². The van der Waals surface area contributed by atoms with Gasteiger partial charge in [-0.25, -0.2) is 24.0 Å². The first kappa shape index (κ1) is 73.3. The van der Waals surface area contributed by atoms with Crippen molar-refractivity contribution in [1.29, 1.82) is 0 Å². The number of hydrogen-bond acceptors (Lipinski definition) is 24. The lowest BCUT2D eigenvalue weighted by molar-refractivity contribution is -0.323. The van der Waals surface area contributed by atoms with Gasteiger partial charge in [-0.3, -0.25) is 4.90 Å². The number of aliphatic hydroxyl groups excluding tert-OH is 6. The molecule has 1 saturated carbocycles. The summed E-state index contributed by atoms with van der Waals surface area (Å²) in [6, 6.07) is 47.3. The summed E-state index contributed by atoms with van der Waals surface area (Å²) in [5.41, 5.74) is 10.5. The Morgan fingerprint density at radius 3 is 1.48 bits per heavy atom. The van der Waals surface area contributed by atoms with Crippen molar-refractivity contribution in [3.63, 3.8) is 0 Å². The van der Waals surface area contributed by atoms with E-state index in [-0.39, 0.29) is 59.0 Å². The third-order valence-corrected chi connectivity index (χ3v) is 17.8. The molecule has 0 spiro atoms. The monoisotopic (exact) mass is 1400 g/mol. The van der Waals surface area contributed by atoms with E-state index in [0.717, 1.165) is 4.90 Å². The summed E-state index contributed by atoms with van der Waals surface area (Å²) in [5.74, 6) is 0. The number of rotatable bonds is 25. The second-order valence-corrected chi connectivity index (χ2v) is 24.9. The van der Waals surface area contributed by atoms with Crippen LogP contribution in [-0.4, -0.2) is 214 Å². The number of carbonyl (C=O) groups is 5. The molecule has 29 heteroatoms. The Hall–Kier alpha value is -8.89. The summed E-state index contributed by atoms with van der Waals surface area (Å²) >= 11 is 0. The molecule has 1 aliphatic carbocycles. The smallest absolute Gasteiger partial charge is 0.412 e. The highest BCUT2D eigenvalue weighted by Gasteiger charge is 2.58. The lowest BCUT2D eigenvalue weighted by Crippen LogP contribution is -2.69. The zero-order valence-corrected chi connectivity index (χ0v) is 54.9. The van der Waals surface area contributed by atoms with Crippen molar-refractivity contribution in [2.75, 3.05) is 32.8 Å². The summed E-state index contributed by atoms with van der Waals surface area (Å²) in [4.78, 5) is 72.0. The number of ether oxygens (including phenoxy) is 12. The first-order valence-electron chi connectivity index (χ1n) is 33.3. The highest BCUT2D eigenvalue weighted by Crippen LogP contribution is 2.40. The summed E-state index contributed by atoms with van der Waals surface area (Å²) in [6.07, 6.45) is -29.2. The summed E-state index contributed by atoms with van der Waals surface area (Å²) in [6.45, 7) is -3.19. The Balaban J connectivity index is 0.877. The normalized spacial score (nSPS) is 29.2. The van der Waals surface area contributed by atoms with Crippen LogP contribution in [-0.2, 0) is 89.9 Å². The maximum atomic E-state index is 14.2. The zero-order chi connectivity index (χ0) is 70.8. The molecule has 4 saturated heterocycles. The third-order valence-electron chi connectivity index (χ3n) is 17.8. The van der Waals surface area contributed by atoms with Crippen LogP contribution in [0.1, 0.15) is 52.5 Å². The number of alkyl carbamates (subject to hydrolysis) is 3. The zero-order valence-electron chi connectivity index (χ0n) is 54.9. The van der Waals surface area contributed by atoms with Gasteiger partial charge >= 0.3 is 30.5 Å².